The molecule has 1 aliphatic rings. The summed E-state index contributed by atoms with van der Waals surface area (Å²) in [5.41, 5.74) is 1.94. The van der Waals surface area contributed by atoms with Gasteiger partial charge in [-0.1, -0.05) is 30.3 Å². The van der Waals surface area contributed by atoms with Gasteiger partial charge in [0, 0.05) is 5.69 Å². The van der Waals surface area contributed by atoms with Gasteiger partial charge < -0.3 is 10.6 Å². The Morgan fingerprint density at radius 2 is 1.78 bits per heavy atom. The highest BCUT2D eigenvalue weighted by Crippen LogP contribution is 2.26. The first-order chi connectivity index (χ1) is 8.74. The fraction of sp³-hybridized carbons (Fsp3) is 0.0714. The largest absolute Gasteiger partial charge is 0.361 e. The lowest BCUT2D eigenvalue weighted by Gasteiger charge is -2.28. The molecule has 0 spiro atoms. The summed E-state index contributed by atoms with van der Waals surface area (Å²) in [5.74, 6) is -0.680. The number of hydrogen-bond acceptors (Lipinski definition) is 2. The lowest BCUT2D eigenvalue weighted by molar-refractivity contribution is 0.0935. The van der Waals surface area contributed by atoms with Crippen LogP contribution in [-0.2, 0) is 0 Å². The number of carbonyl (C=O) groups is 1. The van der Waals surface area contributed by atoms with Crippen molar-refractivity contribution < 1.29 is 9.18 Å². The van der Waals surface area contributed by atoms with Gasteiger partial charge in [0.2, 0.25) is 0 Å². The van der Waals surface area contributed by atoms with E-state index in [1.54, 1.807) is 6.07 Å². The third-order valence-electron chi connectivity index (χ3n) is 2.93. The Balaban J connectivity index is 1.97. The topological polar surface area (TPSA) is 41.1 Å². The summed E-state index contributed by atoms with van der Waals surface area (Å²) in [7, 11) is 0. The molecule has 1 atom stereocenters. The lowest BCUT2D eigenvalue weighted by atomic mass is 10.1. The van der Waals surface area contributed by atoms with Crippen molar-refractivity contribution in [3.63, 3.8) is 0 Å². The van der Waals surface area contributed by atoms with Crippen LogP contribution in [-0.4, -0.2) is 5.91 Å². The molecule has 1 heterocycles. The average molecular weight is 242 g/mol. The molecule has 1 unspecified atom stereocenters. The lowest BCUT2D eigenvalue weighted by Crippen LogP contribution is -2.38. The second-order valence-corrected chi connectivity index (χ2v) is 4.15. The highest BCUT2D eigenvalue weighted by molar-refractivity contribution is 6.01. The minimum Gasteiger partial charge on any atom is -0.361 e. The van der Waals surface area contributed by atoms with E-state index >= 15 is 0 Å². The van der Waals surface area contributed by atoms with Crippen LogP contribution in [0.25, 0.3) is 0 Å². The number of anilines is 1. The number of hydrogen-bond donors (Lipinski definition) is 2. The van der Waals surface area contributed by atoms with Crippen molar-refractivity contribution in [2.45, 2.75) is 6.17 Å². The molecular formula is C14H11FN2O. The summed E-state index contributed by atoms with van der Waals surface area (Å²) in [5, 5.41) is 5.97. The van der Waals surface area contributed by atoms with Gasteiger partial charge in [-0.25, -0.2) is 4.39 Å². The van der Waals surface area contributed by atoms with Gasteiger partial charge in [-0.05, 0) is 23.8 Å². The van der Waals surface area contributed by atoms with E-state index in [1.807, 2.05) is 30.3 Å². The van der Waals surface area contributed by atoms with Crippen LogP contribution in [0, 0.1) is 5.82 Å². The van der Waals surface area contributed by atoms with Crippen LogP contribution in [0.15, 0.2) is 48.5 Å². The molecule has 0 aliphatic carbocycles. The molecule has 0 fully saturated rings. The van der Waals surface area contributed by atoms with Crippen LogP contribution in [0.4, 0.5) is 10.1 Å². The summed E-state index contributed by atoms with van der Waals surface area (Å²) in [6.45, 7) is 0. The maximum absolute atomic E-state index is 13.1. The van der Waals surface area contributed by atoms with E-state index in [0.717, 1.165) is 5.56 Å². The van der Waals surface area contributed by atoms with E-state index in [2.05, 4.69) is 10.6 Å². The first kappa shape index (κ1) is 10.8. The molecule has 18 heavy (non-hydrogen) atoms. The number of benzene rings is 2. The highest BCUT2D eigenvalue weighted by atomic mass is 19.1. The minimum absolute atomic E-state index is 0.267. The summed E-state index contributed by atoms with van der Waals surface area (Å²) in [4.78, 5) is 11.9. The van der Waals surface area contributed by atoms with E-state index in [1.165, 1.54) is 12.1 Å². The van der Waals surface area contributed by atoms with Gasteiger partial charge in [-0.3, -0.25) is 4.79 Å². The Labute approximate surface area is 104 Å². The quantitative estimate of drug-likeness (QED) is 0.807. The van der Waals surface area contributed by atoms with Crippen molar-refractivity contribution in [1.82, 2.24) is 5.32 Å². The van der Waals surface area contributed by atoms with Gasteiger partial charge >= 0.3 is 0 Å². The molecule has 3 nitrogen and oxygen atoms in total. The maximum atomic E-state index is 13.1. The van der Waals surface area contributed by atoms with Gasteiger partial charge in [-0.2, -0.15) is 0 Å². The Morgan fingerprint density at radius 3 is 2.56 bits per heavy atom. The molecule has 0 aromatic heterocycles. The van der Waals surface area contributed by atoms with Gasteiger partial charge in [-0.15, -0.1) is 0 Å². The zero-order valence-corrected chi connectivity index (χ0v) is 9.48. The van der Waals surface area contributed by atoms with Crippen LogP contribution in [0.3, 0.4) is 0 Å². The molecule has 0 saturated heterocycles. The zero-order valence-electron chi connectivity index (χ0n) is 9.48. The third-order valence-corrected chi connectivity index (χ3v) is 2.93. The van der Waals surface area contributed by atoms with Crippen molar-refractivity contribution >= 4 is 11.6 Å². The second-order valence-electron chi connectivity index (χ2n) is 4.15. The molecule has 1 amide bonds. The molecule has 0 saturated carbocycles. The number of nitrogens with one attached hydrogen (secondary N) is 2. The molecule has 4 heteroatoms. The third kappa shape index (κ3) is 1.82. The smallest absolute Gasteiger partial charge is 0.255 e. The Bertz CT molecular complexity index is 598. The van der Waals surface area contributed by atoms with Crippen molar-refractivity contribution in [1.29, 1.82) is 0 Å². The van der Waals surface area contributed by atoms with Crippen LogP contribution < -0.4 is 10.6 Å². The van der Waals surface area contributed by atoms with Gasteiger partial charge in [0.15, 0.2) is 0 Å². The summed E-state index contributed by atoms with van der Waals surface area (Å²) >= 11 is 0. The second kappa shape index (κ2) is 4.14. The molecule has 90 valence electrons. The predicted molar refractivity (Wildman–Crippen MR) is 66.7 cm³/mol. The van der Waals surface area contributed by atoms with E-state index in [0.29, 0.717) is 11.3 Å². The first-order valence-electron chi connectivity index (χ1n) is 5.66. The number of fused-ring (bicyclic) bond motifs is 1. The molecule has 2 aromatic carbocycles. The SMILES string of the molecule is O=C1NC(c2ccccc2)Nc2ccc(F)cc21. The van der Waals surface area contributed by atoms with Gasteiger partial charge in [0.05, 0.1) is 5.56 Å². The Hall–Kier alpha value is -2.36. The minimum atomic E-state index is -0.413. The Kier molecular flexibility index (Phi) is 2.48. The van der Waals surface area contributed by atoms with Crippen molar-refractivity contribution in [3.05, 3.63) is 65.5 Å². The molecule has 0 bridgehead atoms. The van der Waals surface area contributed by atoms with Crippen LogP contribution in [0.1, 0.15) is 22.1 Å². The maximum Gasteiger partial charge on any atom is 0.255 e. The molecule has 2 N–H and O–H groups in total. The van der Waals surface area contributed by atoms with Crippen molar-refractivity contribution in [2.24, 2.45) is 0 Å². The molecule has 0 radical (unpaired) electrons. The van der Waals surface area contributed by atoms with Crippen LogP contribution >= 0.6 is 0 Å². The van der Waals surface area contributed by atoms with E-state index < -0.39 is 5.82 Å². The number of halogens is 1. The standard InChI is InChI=1S/C14H11FN2O/c15-10-6-7-12-11(8-10)14(18)17-13(16-12)9-4-2-1-3-5-9/h1-8,13,16H,(H,17,18). The fourth-order valence-electron chi connectivity index (χ4n) is 2.04. The number of amides is 1. The van der Waals surface area contributed by atoms with Crippen LogP contribution in [0.5, 0.6) is 0 Å². The highest BCUT2D eigenvalue weighted by Gasteiger charge is 2.24. The monoisotopic (exact) mass is 242 g/mol. The average Bonchev–Trinajstić information content (AvgIpc) is 2.40. The summed E-state index contributed by atoms with van der Waals surface area (Å²) in [6, 6.07) is 13.7. The van der Waals surface area contributed by atoms with E-state index in [9.17, 15) is 9.18 Å². The molecule has 1 aliphatic heterocycles. The molecule has 3 rings (SSSR count). The fourth-order valence-corrected chi connectivity index (χ4v) is 2.04. The summed E-state index contributed by atoms with van der Waals surface area (Å²) < 4.78 is 13.1. The van der Waals surface area contributed by atoms with Gasteiger partial charge in [0.1, 0.15) is 12.0 Å². The number of rotatable bonds is 1. The predicted octanol–water partition coefficient (Wildman–Crippen LogP) is 2.68. The first-order valence-corrected chi connectivity index (χ1v) is 5.66. The molecule has 2 aromatic rings. The van der Waals surface area contributed by atoms with Gasteiger partial charge in [0.25, 0.3) is 5.91 Å². The van der Waals surface area contributed by atoms with Crippen LogP contribution in [0.2, 0.25) is 0 Å². The van der Waals surface area contributed by atoms with E-state index in [-0.39, 0.29) is 12.1 Å². The molecular weight excluding hydrogens is 231 g/mol. The summed E-state index contributed by atoms with van der Waals surface area (Å²) in [6.07, 6.45) is -0.281. The van der Waals surface area contributed by atoms with Crippen molar-refractivity contribution in [3.8, 4) is 0 Å². The normalized spacial score (nSPS) is 17.6. The van der Waals surface area contributed by atoms with Crippen molar-refractivity contribution in [2.75, 3.05) is 5.32 Å². The number of carbonyl (C=O) groups excluding carboxylic acids is 1. The zero-order chi connectivity index (χ0) is 12.5. The Morgan fingerprint density at radius 1 is 1.00 bits per heavy atom. The van der Waals surface area contributed by atoms with E-state index in [4.69, 9.17) is 0 Å².